The molecule has 142 valence electrons. The Balaban J connectivity index is 1.61. The first-order valence-corrected chi connectivity index (χ1v) is 10.7. The van der Waals surface area contributed by atoms with Gasteiger partial charge in [-0.2, -0.15) is 4.99 Å². The zero-order valence-corrected chi connectivity index (χ0v) is 17.6. The highest BCUT2D eigenvalue weighted by molar-refractivity contribution is 8.18. The predicted octanol–water partition coefficient (Wildman–Crippen LogP) is 5.99. The Labute approximate surface area is 175 Å². The number of carbonyl (C=O) groups excluding carboxylic acids is 1. The highest BCUT2D eigenvalue weighted by atomic mass is 35.5. The third kappa shape index (κ3) is 3.92. The van der Waals surface area contributed by atoms with Crippen molar-refractivity contribution in [3.63, 3.8) is 0 Å². The molecule has 1 saturated heterocycles. The number of carbonyl (C=O) groups is 1. The lowest BCUT2D eigenvalue weighted by atomic mass is 10.2. The van der Waals surface area contributed by atoms with E-state index in [0.29, 0.717) is 38.3 Å². The molecule has 1 amide bonds. The van der Waals surface area contributed by atoms with Gasteiger partial charge in [0.25, 0.3) is 5.91 Å². The number of amides is 1. The molecule has 0 aliphatic carbocycles. The summed E-state index contributed by atoms with van der Waals surface area (Å²) in [6.07, 6.45) is 1.75. The molecule has 0 bridgehead atoms. The van der Waals surface area contributed by atoms with Gasteiger partial charge >= 0.3 is 0 Å². The molecule has 1 fully saturated rings. The van der Waals surface area contributed by atoms with Crippen LogP contribution >= 0.6 is 34.7 Å². The van der Waals surface area contributed by atoms with E-state index in [4.69, 9.17) is 16.0 Å². The lowest BCUT2D eigenvalue weighted by Crippen LogP contribution is -2.28. The average molecular weight is 430 g/mol. The number of furan rings is 1. The molecule has 0 atom stereocenters. The second-order valence-electron chi connectivity index (χ2n) is 6.04. The Morgan fingerprint density at radius 3 is 2.89 bits per heavy atom. The Kier molecular flexibility index (Phi) is 5.39. The maximum Gasteiger partial charge on any atom is 0.266 e. The highest BCUT2D eigenvalue weighted by Crippen LogP contribution is 2.35. The number of hydrogen-bond donors (Lipinski definition) is 0. The van der Waals surface area contributed by atoms with Crippen LogP contribution in [0.2, 0.25) is 5.02 Å². The van der Waals surface area contributed by atoms with E-state index in [1.165, 1.54) is 23.1 Å². The number of benzene rings is 1. The van der Waals surface area contributed by atoms with Crippen LogP contribution in [-0.2, 0) is 4.79 Å². The van der Waals surface area contributed by atoms with Crippen molar-refractivity contribution in [3.05, 3.63) is 63.2 Å². The number of rotatable bonds is 4. The van der Waals surface area contributed by atoms with Crippen molar-refractivity contribution in [2.45, 2.75) is 13.8 Å². The van der Waals surface area contributed by atoms with E-state index in [-0.39, 0.29) is 5.91 Å². The van der Waals surface area contributed by atoms with Crippen LogP contribution in [0.25, 0.3) is 17.4 Å². The van der Waals surface area contributed by atoms with Crippen molar-refractivity contribution >= 4 is 57.0 Å². The minimum atomic E-state index is -0.0831. The van der Waals surface area contributed by atoms with E-state index < -0.39 is 0 Å². The molecule has 0 N–H and O–H groups in total. The zero-order chi connectivity index (χ0) is 19.7. The third-order valence-electron chi connectivity index (χ3n) is 4.01. The minimum absolute atomic E-state index is 0.0831. The van der Waals surface area contributed by atoms with E-state index in [1.807, 2.05) is 55.6 Å². The van der Waals surface area contributed by atoms with E-state index in [0.717, 1.165) is 11.3 Å². The average Bonchev–Trinajstić information content (AvgIpc) is 3.36. The maximum atomic E-state index is 12.7. The summed E-state index contributed by atoms with van der Waals surface area (Å²) in [6.45, 7) is 4.39. The molecule has 2 aromatic heterocycles. The number of aromatic nitrogens is 1. The number of amidine groups is 1. The summed E-state index contributed by atoms with van der Waals surface area (Å²) in [6, 6.07) is 11.2. The minimum Gasteiger partial charge on any atom is -0.457 e. The maximum absolute atomic E-state index is 12.7. The fourth-order valence-corrected chi connectivity index (χ4v) is 4.64. The Morgan fingerprint density at radius 2 is 2.18 bits per heavy atom. The van der Waals surface area contributed by atoms with Crippen molar-refractivity contribution in [1.82, 2.24) is 9.88 Å². The summed E-state index contributed by atoms with van der Waals surface area (Å²) >= 11 is 8.84. The second-order valence-corrected chi connectivity index (χ2v) is 8.32. The van der Waals surface area contributed by atoms with Gasteiger partial charge in [-0.1, -0.05) is 23.7 Å². The Morgan fingerprint density at radius 1 is 1.32 bits per heavy atom. The van der Waals surface area contributed by atoms with E-state index in [9.17, 15) is 4.79 Å². The Bertz CT molecular complexity index is 1100. The van der Waals surface area contributed by atoms with Crippen molar-refractivity contribution in [1.29, 1.82) is 0 Å². The summed E-state index contributed by atoms with van der Waals surface area (Å²) in [4.78, 5) is 23.9. The topological polar surface area (TPSA) is 58.7 Å². The number of thiazole rings is 1. The third-order valence-corrected chi connectivity index (χ3v) is 6.11. The molecular weight excluding hydrogens is 414 g/mol. The molecule has 0 radical (unpaired) electrons. The molecule has 5 nitrogen and oxygen atoms in total. The number of thioether (sulfide) groups is 1. The van der Waals surface area contributed by atoms with Crippen LogP contribution in [0.5, 0.6) is 0 Å². The summed E-state index contributed by atoms with van der Waals surface area (Å²) in [7, 11) is 0. The second kappa shape index (κ2) is 7.95. The molecule has 1 aliphatic rings. The first-order chi connectivity index (χ1) is 13.5. The standard InChI is InChI=1S/C20H16ClN3O2S2/c1-3-24-18(25)17(28-20(24)23-19-22-12(2)11-27-19)10-15-7-8-16(26-15)13-5-4-6-14(21)9-13/h4-11H,3H2,1-2H3/b17-10+,23-20+. The van der Waals surface area contributed by atoms with Crippen LogP contribution in [-0.4, -0.2) is 27.5 Å². The summed E-state index contributed by atoms with van der Waals surface area (Å²) < 4.78 is 5.89. The monoisotopic (exact) mass is 429 g/mol. The number of aliphatic imine (C=N–C) groups is 1. The fraction of sp³-hybridized carbons (Fsp3) is 0.150. The molecule has 1 aliphatic heterocycles. The van der Waals surface area contributed by atoms with E-state index >= 15 is 0 Å². The number of likely N-dealkylation sites (N-methyl/N-ethyl adjacent to an activating group) is 1. The molecule has 8 heteroatoms. The quantitative estimate of drug-likeness (QED) is 0.478. The van der Waals surface area contributed by atoms with Crippen LogP contribution in [0.15, 0.2) is 56.1 Å². The fourth-order valence-electron chi connectivity index (χ4n) is 2.70. The molecule has 4 rings (SSSR count). The van der Waals surface area contributed by atoms with Gasteiger partial charge in [-0.3, -0.25) is 9.69 Å². The number of halogens is 1. The molecule has 3 heterocycles. The van der Waals surface area contributed by atoms with Gasteiger partial charge in [-0.25, -0.2) is 4.98 Å². The van der Waals surface area contributed by atoms with E-state index in [2.05, 4.69) is 9.98 Å². The van der Waals surface area contributed by atoms with Gasteiger partial charge in [0, 0.05) is 28.6 Å². The SMILES string of the molecule is CCN1C(=O)/C(=C\c2ccc(-c3cccc(Cl)c3)o2)S/C1=N/c1nc(C)cs1. The summed E-state index contributed by atoms with van der Waals surface area (Å²) in [5.41, 5.74) is 1.81. The van der Waals surface area contributed by atoms with Gasteiger partial charge < -0.3 is 4.42 Å². The molecule has 0 unspecified atom stereocenters. The molecule has 0 spiro atoms. The van der Waals surface area contributed by atoms with Gasteiger partial charge in [0.2, 0.25) is 5.13 Å². The zero-order valence-electron chi connectivity index (χ0n) is 15.2. The van der Waals surface area contributed by atoms with Gasteiger partial charge in [0.05, 0.1) is 10.6 Å². The summed E-state index contributed by atoms with van der Waals surface area (Å²) in [5.74, 6) is 1.22. The predicted molar refractivity (Wildman–Crippen MR) is 116 cm³/mol. The smallest absolute Gasteiger partial charge is 0.266 e. The van der Waals surface area contributed by atoms with Crippen molar-refractivity contribution in [3.8, 4) is 11.3 Å². The first-order valence-electron chi connectivity index (χ1n) is 8.61. The number of aryl methyl sites for hydroxylation is 1. The highest BCUT2D eigenvalue weighted by Gasteiger charge is 2.32. The number of nitrogens with zero attached hydrogens (tertiary/aromatic N) is 3. The van der Waals surface area contributed by atoms with Gasteiger partial charge in [0.15, 0.2) is 5.17 Å². The lowest BCUT2D eigenvalue weighted by molar-refractivity contribution is -0.122. The first kappa shape index (κ1) is 19.0. The number of hydrogen-bond acceptors (Lipinski definition) is 6. The largest absolute Gasteiger partial charge is 0.457 e. The van der Waals surface area contributed by atoms with Crippen molar-refractivity contribution in [2.75, 3.05) is 6.54 Å². The molecule has 3 aromatic rings. The van der Waals surface area contributed by atoms with Crippen molar-refractivity contribution in [2.24, 2.45) is 4.99 Å². The molecular formula is C20H16ClN3O2S2. The van der Waals surface area contributed by atoms with Gasteiger partial charge in [-0.05, 0) is 49.9 Å². The van der Waals surface area contributed by atoms with Crippen LogP contribution < -0.4 is 0 Å². The van der Waals surface area contributed by atoms with Crippen LogP contribution in [0.1, 0.15) is 18.4 Å². The lowest BCUT2D eigenvalue weighted by Gasteiger charge is -2.11. The van der Waals surface area contributed by atoms with Gasteiger partial charge in [0.1, 0.15) is 11.5 Å². The van der Waals surface area contributed by atoms with Crippen LogP contribution in [0.3, 0.4) is 0 Å². The Hall–Kier alpha value is -2.35. The molecule has 1 aromatic carbocycles. The van der Waals surface area contributed by atoms with Gasteiger partial charge in [-0.15, -0.1) is 11.3 Å². The van der Waals surface area contributed by atoms with Crippen LogP contribution in [0.4, 0.5) is 5.13 Å². The van der Waals surface area contributed by atoms with Crippen molar-refractivity contribution < 1.29 is 9.21 Å². The van der Waals surface area contributed by atoms with E-state index in [1.54, 1.807) is 11.0 Å². The molecule has 28 heavy (non-hydrogen) atoms. The van der Waals surface area contributed by atoms with Crippen LogP contribution in [0, 0.1) is 6.92 Å². The molecule has 0 saturated carbocycles. The summed E-state index contributed by atoms with van der Waals surface area (Å²) in [5, 5.41) is 3.87. The normalized spacial score (nSPS) is 17.2.